The number of halogens is 1. The number of nitrogens with zero attached hydrogens (tertiary/aromatic N) is 3. The summed E-state index contributed by atoms with van der Waals surface area (Å²) in [4.78, 5) is 7.03. The molecule has 4 nitrogen and oxygen atoms in total. The Balaban J connectivity index is 2.84. The van der Waals surface area contributed by atoms with E-state index >= 15 is 0 Å². The molecule has 0 saturated carbocycles. The molecule has 1 N–H and O–H groups in total. The molecule has 0 radical (unpaired) electrons. The van der Waals surface area contributed by atoms with Crippen LogP contribution in [0.1, 0.15) is 11.1 Å². The average Bonchev–Trinajstić information content (AvgIpc) is 2.54. The summed E-state index contributed by atoms with van der Waals surface area (Å²) in [5, 5.41) is 17.5. The lowest BCUT2D eigenvalue weighted by Gasteiger charge is -1.92. The van der Waals surface area contributed by atoms with Crippen LogP contribution in [-0.4, -0.2) is 9.97 Å². The number of rotatable bonds is 0. The Hall–Kier alpha value is -1.85. The van der Waals surface area contributed by atoms with Gasteiger partial charge in [-0.2, -0.15) is 10.5 Å². The third kappa shape index (κ3) is 1.24. The first-order chi connectivity index (χ1) is 6.74. The molecular formula is C9H3BrN4. The minimum absolute atomic E-state index is 0.346. The van der Waals surface area contributed by atoms with Crippen molar-refractivity contribution < 1.29 is 0 Å². The predicted octanol–water partition coefficient (Wildman–Crippen LogP) is 2.07. The summed E-state index contributed by atoms with van der Waals surface area (Å²) in [6, 6.07) is 7.13. The molecule has 66 valence electrons. The summed E-state index contributed by atoms with van der Waals surface area (Å²) in [5.74, 6) is 0. The maximum atomic E-state index is 8.77. The topological polar surface area (TPSA) is 76.3 Å². The smallest absolute Gasteiger partial charge is 0.175 e. The zero-order valence-corrected chi connectivity index (χ0v) is 8.46. The molecule has 0 aliphatic heterocycles. The summed E-state index contributed by atoms with van der Waals surface area (Å²) >= 11 is 3.19. The van der Waals surface area contributed by atoms with Crippen LogP contribution in [0, 0.1) is 22.7 Å². The van der Waals surface area contributed by atoms with Crippen LogP contribution < -0.4 is 0 Å². The second kappa shape index (κ2) is 3.13. The lowest BCUT2D eigenvalue weighted by Crippen LogP contribution is -1.83. The lowest BCUT2D eigenvalue weighted by molar-refractivity contribution is 1.27. The van der Waals surface area contributed by atoms with Crippen molar-refractivity contribution >= 4 is 27.0 Å². The Bertz CT molecular complexity index is 534. The van der Waals surface area contributed by atoms with Crippen molar-refractivity contribution in [2.24, 2.45) is 0 Å². The SMILES string of the molecule is N#Cc1cc2nc(Br)[nH]c2cc1C#N. The van der Waals surface area contributed by atoms with Crippen LogP contribution in [0.2, 0.25) is 0 Å². The largest absolute Gasteiger partial charge is 0.332 e. The fourth-order valence-electron chi connectivity index (χ4n) is 1.21. The van der Waals surface area contributed by atoms with Gasteiger partial charge in [0.05, 0.1) is 22.2 Å². The van der Waals surface area contributed by atoms with Gasteiger partial charge in [-0.15, -0.1) is 0 Å². The first kappa shape index (κ1) is 8.74. The van der Waals surface area contributed by atoms with Crippen molar-refractivity contribution in [3.05, 3.63) is 28.0 Å². The zero-order valence-electron chi connectivity index (χ0n) is 6.87. The Labute approximate surface area is 87.9 Å². The molecular weight excluding hydrogens is 244 g/mol. The van der Waals surface area contributed by atoms with Gasteiger partial charge < -0.3 is 4.98 Å². The monoisotopic (exact) mass is 246 g/mol. The third-order valence-corrected chi connectivity index (χ3v) is 2.21. The van der Waals surface area contributed by atoms with Gasteiger partial charge in [0, 0.05) is 0 Å². The Kier molecular flexibility index (Phi) is 1.95. The molecule has 0 fully saturated rings. The van der Waals surface area contributed by atoms with Crippen LogP contribution >= 0.6 is 15.9 Å². The first-order valence-corrected chi connectivity index (χ1v) is 4.53. The number of imidazole rings is 1. The highest BCUT2D eigenvalue weighted by Gasteiger charge is 2.06. The first-order valence-electron chi connectivity index (χ1n) is 3.74. The van der Waals surface area contributed by atoms with Crippen LogP contribution in [0.25, 0.3) is 11.0 Å². The van der Waals surface area contributed by atoms with Crippen LogP contribution in [0.15, 0.2) is 16.9 Å². The zero-order chi connectivity index (χ0) is 10.1. The van der Waals surface area contributed by atoms with E-state index in [0.717, 1.165) is 5.52 Å². The normalized spacial score (nSPS) is 9.64. The van der Waals surface area contributed by atoms with Crippen molar-refractivity contribution in [2.75, 3.05) is 0 Å². The Morgan fingerprint density at radius 3 is 2.50 bits per heavy atom. The van der Waals surface area contributed by atoms with Crippen LogP contribution in [-0.2, 0) is 0 Å². The summed E-state index contributed by atoms with van der Waals surface area (Å²) in [7, 11) is 0. The molecule has 5 heteroatoms. The highest BCUT2D eigenvalue weighted by atomic mass is 79.9. The van der Waals surface area contributed by atoms with E-state index in [2.05, 4.69) is 25.9 Å². The van der Waals surface area contributed by atoms with Gasteiger partial charge in [-0.1, -0.05) is 0 Å². The van der Waals surface area contributed by atoms with Crippen molar-refractivity contribution in [3.8, 4) is 12.1 Å². The maximum absolute atomic E-state index is 8.77. The van der Waals surface area contributed by atoms with Gasteiger partial charge in [0.25, 0.3) is 0 Å². The van der Waals surface area contributed by atoms with Crippen LogP contribution in [0.5, 0.6) is 0 Å². The predicted molar refractivity (Wildman–Crippen MR) is 53.2 cm³/mol. The molecule has 0 bridgehead atoms. The van der Waals surface area contributed by atoms with E-state index in [4.69, 9.17) is 10.5 Å². The number of hydrogen-bond acceptors (Lipinski definition) is 3. The molecule has 0 saturated heterocycles. The maximum Gasteiger partial charge on any atom is 0.175 e. The van der Waals surface area contributed by atoms with Crippen molar-refractivity contribution in [1.82, 2.24) is 9.97 Å². The van der Waals surface area contributed by atoms with E-state index in [1.54, 1.807) is 12.1 Å². The Morgan fingerprint density at radius 2 is 1.86 bits per heavy atom. The standard InChI is InChI=1S/C9H3BrN4/c10-9-13-7-1-5(3-11)6(4-12)2-8(7)14-9/h1-2H,(H,13,14). The van der Waals surface area contributed by atoms with E-state index in [-0.39, 0.29) is 0 Å². The molecule has 0 amide bonds. The molecule has 2 aromatic rings. The van der Waals surface area contributed by atoms with Gasteiger partial charge in [-0.05, 0) is 28.1 Å². The van der Waals surface area contributed by atoms with Crippen LogP contribution in [0.4, 0.5) is 0 Å². The molecule has 1 heterocycles. The number of H-pyrrole nitrogens is 1. The third-order valence-electron chi connectivity index (χ3n) is 1.83. The molecule has 0 atom stereocenters. The van der Waals surface area contributed by atoms with Gasteiger partial charge in [-0.25, -0.2) is 4.98 Å². The number of nitrogens with one attached hydrogen (secondary N) is 1. The molecule has 0 aliphatic rings. The minimum Gasteiger partial charge on any atom is -0.332 e. The number of nitriles is 2. The minimum atomic E-state index is 0.346. The highest BCUT2D eigenvalue weighted by molar-refractivity contribution is 9.10. The molecule has 2 rings (SSSR count). The number of benzene rings is 1. The van der Waals surface area contributed by atoms with Crippen LogP contribution in [0.3, 0.4) is 0 Å². The molecule has 0 spiro atoms. The second-order valence-corrected chi connectivity index (χ2v) is 3.42. The fraction of sp³-hybridized carbons (Fsp3) is 0. The lowest BCUT2D eigenvalue weighted by atomic mass is 10.1. The van der Waals surface area contributed by atoms with Gasteiger partial charge in [0.2, 0.25) is 0 Å². The second-order valence-electron chi connectivity index (χ2n) is 2.67. The number of aromatic nitrogens is 2. The van der Waals surface area contributed by atoms with Gasteiger partial charge in [0.15, 0.2) is 4.73 Å². The molecule has 1 aromatic carbocycles. The Morgan fingerprint density at radius 1 is 1.21 bits per heavy atom. The quantitative estimate of drug-likeness (QED) is 0.774. The highest BCUT2D eigenvalue weighted by Crippen LogP contribution is 2.19. The van der Waals surface area contributed by atoms with Crippen molar-refractivity contribution in [1.29, 1.82) is 10.5 Å². The summed E-state index contributed by atoms with van der Waals surface area (Å²) in [5.41, 5.74) is 2.12. The van der Waals surface area contributed by atoms with Crippen molar-refractivity contribution in [2.45, 2.75) is 0 Å². The summed E-state index contributed by atoms with van der Waals surface area (Å²) in [6.45, 7) is 0. The summed E-state index contributed by atoms with van der Waals surface area (Å²) < 4.78 is 0.589. The number of hydrogen-bond donors (Lipinski definition) is 1. The molecule has 0 aliphatic carbocycles. The van der Waals surface area contributed by atoms with E-state index in [1.165, 1.54) is 0 Å². The van der Waals surface area contributed by atoms with Gasteiger partial charge in [0.1, 0.15) is 12.1 Å². The fourth-order valence-corrected chi connectivity index (χ4v) is 1.62. The average molecular weight is 247 g/mol. The van der Waals surface area contributed by atoms with E-state index < -0.39 is 0 Å². The summed E-state index contributed by atoms with van der Waals surface area (Å²) in [6.07, 6.45) is 0. The number of aromatic amines is 1. The molecule has 1 aromatic heterocycles. The van der Waals surface area contributed by atoms with E-state index in [1.807, 2.05) is 12.1 Å². The van der Waals surface area contributed by atoms with Gasteiger partial charge >= 0.3 is 0 Å². The van der Waals surface area contributed by atoms with Gasteiger partial charge in [-0.3, -0.25) is 0 Å². The van der Waals surface area contributed by atoms with E-state index in [0.29, 0.717) is 21.4 Å². The number of fused-ring (bicyclic) bond motifs is 1. The molecule has 14 heavy (non-hydrogen) atoms. The van der Waals surface area contributed by atoms with Crippen molar-refractivity contribution in [3.63, 3.8) is 0 Å². The van der Waals surface area contributed by atoms with E-state index in [9.17, 15) is 0 Å². The molecule has 0 unspecified atom stereocenters.